The molecule has 0 bridgehead atoms. The Kier molecular flexibility index (Phi) is 6.99. The molecule has 2 atom stereocenters. The lowest BCUT2D eigenvalue weighted by Crippen LogP contribution is -2.49. The largest absolute Gasteiger partial charge is 0.401 e. The molecule has 0 aliphatic rings. The molecule has 0 spiro atoms. The predicted molar refractivity (Wildman–Crippen MR) is 115 cm³/mol. The van der Waals surface area contributed by atoms with Gasteiger partial charge in [0, 0.05) is 48.3 Å². The maximum Gasteiger partial charge on any atom is 0.401 e. The molecular weight excluding hydrogens is 425 g/mol. The summed E-state index contributed by atoms with van der Waals surface area (Å²) in [4.78, 5) is 23.5. The molecule has 1 amide bonds. The number of alkyl halides is 3. The quantitative estimate of drug-likeness (QED) is 0.337. The van der Waals surface area contributed by atoms with Crippen LogP contribution in [-0.4, -0.2) is 58.0 Å². The van der Waals surface area contributed by atoms with E-state index in [1.807, 2.05) is 0 Å². The van der Waals surface area contributed by atoms with E-state index in [1.54, 1.807) is 38.4 Å². The minimum absolute atomic E-state index is 0.179. The molecule has 3 aromatic heterocycles. The Labute approximate surface area is 182 Å². The van der Waals surface area contributed by atoms with Gasteiger partial charge in [0.05, 0.1) is 23.8 Å². The molecule has 0 aliphatic carbocycles. The van der Waals surface area contributed by atoms with Crippen LogP contribution in [-0.2, 0) is 0 Å². The van der Waals surface area contributed by atoms with Gasteiger partial charge in [-0.15, -0.1) is 0 Å². The molecule has 5 N–H and O–H groups in total. The topological polar surface area (TPSA) is 115 Å². The number of aliphatic hydroxyl groups excluding tert-OH is 1. The minimum atomic E-state index is -4.43. The number of hydrogen-bond donors (Lipinski definition) is 5. The van der Waals surface area contributed by atoms with Crippen molar-refractivity contribution in [2.75, 3.05) is 18.9 Å². The Hall–Kier alpha value is -3.18. The van der Waals surface area contributed by atoms with Crippen LogP contribution < -0.4 is 16.0 Å². The highest BCUT2D eigenvalue weighted by Gasteiger charge is 2.31. The first-order valence-electron chi connectivity index (χ1n) is 9.98. The van der Waals surface area contributed by atoms with Crippen LogP contribution in [0.15, 0.2) is 36.9 Å². The van der Waals surface area contributed by atoms with Crippen LogP contribution >= 0.6 is 0 Å². The highest BCUT2D eigenvalue weighted by molar-refractivity contribution is 6.01. The summed E-state index contributed by atoms with van der Waals surface area (Å²) in [5.41, 5.74) is 2.99. The zero-order chi connectivity index (χ0) is 23.5. The van der Waals surface area contributed by atoms with Crippen LogP contribution in [0.25, 0.3) is 22.2 Å². The van der Waals surface area contributed by atoms with Crippen LogP contribution in [0.1, 0.15) is 24.2 Å². The molecule has 0 fully saturated rings. The number of carbonyl (C=O) groups is 1. The zero-order valence-electron chi connectivity index (χ0n) is 17.8. The van der Waals surface area contributed by atoms with Crippen molar-refractivity contribution in [1.29, 1.82) is 0 Å². The monoisotopic (exact) mass is 450 g/mol. The van der Waals surface area contributed by atoms with Crippen molar-refractivity contribution in [3.05, 3.63) is 42.5 Å². The molecule has 3 heterocycles. The van der Waals surface area contributed by atoms with Crippen LogP contribution in [0, 0.1) is 5.92 Å². The maximum absolute atomic E-state index is 12.5. The van der Waals surface area contributed by atoms with Crippen molar-refractivity contribution < 1.29 is 23.1 Å². The van der Waals surface area contributed by atoms with Crippen molar-refractivity contribution in [2.45, 2.75) is 32.3 Å². The number of pyridine rings is 2. The van der Waals surface area contributed by atoms with Gasteiger partial charge in [0.15, 0.2) is 0 Å². The summed E-state index contributed by atoms with van der Waals surface area (Å²) in [5.74, 6) is -0.443. The van der Waals surface area contributed by atoms with Gasteiger partial charge in [-0.25, -0.2) is 4.98 Å². The number of H-pyrrole nitrogens is 1. The number of aromatic nitrogens is 3. The fourth-order valence-electron chi connectivity index (χ4n) is 3.33. The Bertz CT molecular complexity index is 1080. The molecule has 11 heteroatoms. The van der Waals surface area contributed by atoms with E-state index >= 15 is 0 Å². The first kappa shape index (κ1) is 23.5. The van der Waals surface area contributed by atoms with Gasteiger partial charge in [0.2, 0.25) is 0 Å². The first-order chi connectivity index (χ1) is 15.1. The van der Waals surface area contributed by atoms with Gasteiger partial charge >= 0.3 is 6.18 Å². The number of rotatable bonds is 8. The standard InChI is InChI=1S/C21H25F3N6O2/c1-11(2)17(20(32)29-10-21(22,23)24)30-14-4-12(6-26-8-14)16-9-28-18-15(16)5-13(7-27-18)19(31)25-3/h4-9,11,17,20,29-30,32H,10H2,1-3H3,(H,25,31)(H,27,28). The normalized spacial score (nSPS) is 13.9. The van der Waals surface area contributed by atoms with Gasteiger partial charge in [-0.1, -0.05) is 13.8 Å². The van der Waals surface area contributed by atoms with Gasteiger partial charge in [-0.05, 0) is 18.1 Å². The molecule has 0 saturated heterocycles. The number of fused-ring (bicyclic) bond motifs is 1. The number of aliphatic hydroxyl groups is 1. The summed E-state index contributed by atoms with van der Waals surface area (Å²) in [5, 5.41) is 18.7. The Morgan fingerprint density at radius 2 is 1.97 bits per heavy atom. The summed E-state index contributed by atoms with van der Waals surface area (Å²) in [6.07, 6.45) is 0.515. The number of nitrogens with zero attached hydrogens (tertiary/aromatic N) is 2. The number of hydrogen-bond acceptors (Lipinski definition) is 6. The minimum Gasteiger partial charge on any atom is -0.377 e. The highest BCUT2D eigenvalue weighted by atomic mass is 19.4. The van der Waals surface area contributed by atoms with Gasteiger partial charge in [0.1, 0.15) is 11.9 Å². The molecule has 172 valence electrons. The number of aromatic amines is 1. The summed E-state index contributed by atoms with van der Waals surface area (Å²) in [6, 6.07) is 2.79. The van der Waals surface area contributed by atoms with Gasteiger partial charge in [-0.2, -0.15) is 13.2 Å². The summed E-state index contributed by atoms with van der Waals surface area (Å²) in [6.45, 7) is 2.28. The van der Waals surface area contributed by atoms with E-state index in [2.05, 4.69) is 30.9 Å². The number of amides is 1. The number of carbonyl (C=O) groups excluding carboxylic acids is 1. The molecule has 2 unspecified atom stereocenters. The number of halogens is 3. The summed E-state index contributed by atoms with van der Waals surface area (Å²) in [7, 11) is 1.53. The first-order valence-corrected chi connectivity index (χ1v) is 9.98. The number of nitrogens with one attached hydrogen (secondary N) is 4. The van der Waals surface area contributed by atoms with E-state index in [4.69, 9.17) is 0 Å². The molecule has 32 heavy (non-hydrogen) atoms. The lowest BCUT2D eigenvalue weighted by atomic mass is 10.0. The fourth-order valence-corrected chi connectivity index (χ4v) is 3.33. The second-order valence-corrected chi connectivity index (χ2v) is 7.72. The average Bonchev–Trinajstić information content (AvgIpc) is 3.18. The van der Waals surface area contributed by atoms with Crippen LogP contribution in [0.4, 0.5) is 18.9 Å². The maximum atomic E-state index is 12.5. The molecule has 0 aliphatic heterocycles. The van der Waals surface area contributed by atoms with E-state index in [9.17, 15) is 23.1 Å². The SMILES string of the molecule is CNC(=O)c1cnc2[nH]cc(-c3cncc(NC(C(C)C)C(O)NCC(F)(F)F)c3)c2c1. The van der Waals surface area contributed by atoms with Crippen molar-refractivity contribution in [3.63, 3.8) is 0 Å². The van der Waals surface area contributed by atoms with E-state index in [0.717, 1.165) is 10.9 Å². The smallest absolute Gasteiger partial charge is 0.377 e. The predicted octanol–water partition coefficient (Wildman–Crippen LogP) is 2.89. The van der Waals surface area contributed by atoms with Gasteiger partial charge in [-0.3, -0.25) is 15.1 Å². The van der Waals surface area contributed by atoms with Crippen molar-refractivity contribution in [1.82, 2.24) is 25.6 Å². The van der Waals surface area contributed by atoms with Crippen molar-refractivity contribution in [2.24, 2.45) is 5.92 Å². The zero-order valence-corrected chi connectivity index (χ0v) is 17.8. The highest BCUT2D eigenvalue weighted by Crippen LogP contribution is 2.30. The van der Waals surface area contributed by atoms with Crippen LogP contribution in [0.5, 0.6) is 0 Å². The summed E-state index contributed by atoms with van der Waals surface area (Å²) >= 11 is 0. The van der Waals surface area contributed by atoms with Gasteiger partial charge < -0.3 is 20.7 Å². The number of anilines is 1. The van der Waals surface area contributed by atoms with Crippen LogP contribution in [0.3, 0.4) is 0 Å². The molecule has 0 aromatic carbocycles. The van der Waals surface area contributed by atoms with E-state index < -0.39 is 25.0 Å². The molecule has 0 saturated carbocycles. The summed E-state index contributed by atoms with van der Waals surface area (Å²) < 4.78 is 37.5. The lowest BCUT2D eigenvalue weighted by molar-refractivity contribution is -0.132. The van der Waals surface area contributed by atoms with E-state index in [-0.39, 0.29) is 11.8 Å². The molecule has 0 radical (unpaired) electrons. The van der Waals surface area contributed by atoms with E-state index in [1.165, 1.54) is 19.4 Å². The van der Waals surface area contributed by atoms with Gasteiger partial charge in [0.25, 0.3) is 5.91 Å². The van der Waals surface area contributed by atoms with E-state index in [0.29, 0.717) is 22.5 Å². The molecular formula is C21H25F3N6O2. The van der Waals surface area contributed by atoms with Crippen LogP contribution in [0.2, 0.25) is 0 Å². The van der Waals surface area contributed by atoms with Crippen molar-refractivity contribution >= 4 is 22.6 Å². The Morgan fingerprint density at radius 3 is 2.62 bits per heavy atom. The Morgan fingerprint density at radius 1 is 1.22 bits per heavy atom. The molecule has 3 aromatic rings. The third-order valence-corrected chi connectivity index (χ3v) is 4.97. The lowest BCUT2D eigenvalue weighted by Gasteiger charge is -2.29. The third-order valence-electron chi connectivity index (χ3n) is 4.97. The third kappa shape index (κ3) is 5.54. The fraction of sp³-hybridized carbons (Fsp3) is 0.381. The second-order valence-electron chi connectivity index (χ2n) is 7.72. The van der Waals surface area contributed by atoms with Crippen molar-refractivity contribution in [3.8, 4) is 11.1 Å². The Balaban J connectivity index is 1.87. The average molecular weight is 450 g/mol. The molecule has 8 nitrogen and oxygen atoms in total. The second kappa shape index (κ2) is 9.53. The molecule has 3 rings (SSSR count).